The fourth-order valence-corrected chi connectivity index (χ4v) is 3.82. The molecule has 1 unspecified atom stereocenters. The first-order valence-electron chi connectivity index (χ1n) is 9.38. The second-order valence-electron chi connectivity index (χ2n) is 7.18. The van der Waals surface area contributed by atoms with Crippen LogP contribution in [0.1, 0.15) is 37.9 Å². The molecular weight excluding hydrogens is 400 g/mol. The van der Waals surface area contributed by atoms with Crippen LogP contribution in [0.15, 0.2) is 78.9 Å². The Morgan fingerprint density at radius 3 is 2.53 bits per heavy atom. The average Bonchev–Trinajstić information content (AvgIpc) is 2.73. The normalized spacial score (nSPS) is 15.1. The van der Waals surface area contributed by atoms with Crippen LogP contribution in [0.25, 0.3) is 0 Å². The number of hydrogen-bond donors (Lipinski definition) is 3. The summed E-state index contributed by atoms with van der Waals surface area (Å²) in [7, 11) is 0. The lowest BCUT2D eigenvalue weighted by molar-refractivity contribution is 0.0696. The minimum absolute atomic E-state index is 0.209. The molecule has 150 valence electrons. The Bertz CT molecular complexity index is 1160. The zero-order chi connectivity index (χ0) is 21.3. The summed E-state index contributed by atoms with van der Waals surface area (Å²) in [6, 6.07) is 19.1. The maximum atomic E-state index is 12.5. The SMILES string of the molecule is C=C1Cc2cc(C(=O)O)ccc2NC1c1cc(Cl)cc(NC(=O)c2ccccc2)c1. The molecule has 3 N–H and O–H groups in total. The van der Waals surface area contributed by atoms with Crippen molar-refractivity contribution in [2.45, 2.75) is 12.5 Å². The summed E-state index contributed by atoms with van der Waals surface area (Å²) in [6.07, 6.45) is 0.548. The van der Waals surface area contributed by atoms with Crippen LogP contribution in [0.3, 0.4) is 0 Å². The molecule has 6 heteroatoms. The zero-order valence-electron chi connectivity index (χ0n) is 16.0. The van der Waals surface area contributed by atoms with Crippen LogP contribution >= 0.6 is 11.6 Å². The van der Waals surface area contributed by atoms with Crippen LogP contribution in [-0.2, 0) is 6.42 Å². The Balaban J connectivity index is 1.60. The molecule has 4 rings (SSSR count). The van der Waals surface area contributed by atoms with E-state index in [1.165, 1.54) is 0 Å². The summed E-state index contributed by atoms with van der Waals surface area (Å²) in [5.74, 6) is -1.18. The topological polar surface area (TPSA) is 78.4 Å². The average molecular weight is 419 g/mol. The van der Waals surface area contributed by atoms with Crippen LogP contribution in [0.4, 0.5) is 11.4 Å². The molecule has 30 heavy (non-hydrogen) atoms. The Hall–Kier alpha value is -3.57. The molecule has 0 saturated heterocycles. The summed E-state index contributed by atoms with van der Waals surface area (Å²) < 4.78 is 0. The number of amides is 1. The van der Waals surface area contributed by atoms with Gasteiger partial charge in [-0.25, -0.2) is 4.79 Å². The first-order valence-corrected chi connectivity index (χ1v) is 9.76. The van der Waals surface area contributed by atoms with Gasteiger partial charge in [0, 0.05) is 22.0 Å². The first kappa shape index (κ1) is 19.7. The maximum Gasteiger partial charge on any atom is 0.335 e. The van der Waals surface area contributed by atoms with Gasteiger partial charge in [0.1, 0.15) is 0 Å². The molecule has 0 fully saturated rings. The quantitative estimate of drug-likeness (QED) is 0.485. The molecule has 1 atom stereocenters. The van der Waals surface area contributed by atoms with Crippen molar-refractivity contribution in [2.75, 3.05) is 10.6 Å². The van der Waals surface area contributed by atoms with Gasteiger partial charge >= 0.3 is 5.97 Å². The highest BCUT2D eigenvalue weighted by atomic mass is 35.5. The molecule has 0 aromatic heterocycles. The summed E-state index contributed by atoms with van der Waals surface area (Å²) in [6.45, 7) is 4.17. The van der Waals surface area contributed by atoms with Crippen molar-refractivity contribution in [3.05, 3.63) is 106 Å². The third kappa shape index (κ3) is 4.07. The number of nitrogens with one attached hydrogen (secondary N) is 2. The molecular formula is C24H19ClN2O3. The van der Waals surface area contributed by atoms with Gasteiger partial charge in [0.25, 0.3) is 5.91 Å². The summed E-state index contributed by atoms with van der Waals surface area (Å²) in [5.41, 5.74) is 4.88. The van der Waals surface area contributed by atoms with Crippen LogP contribution < -0.4 is 10.6 Å². The fourth-order valence-electron chi connectivity index (χ4n) is 3.58. The maximum absolute atomic E-state index is 12.5. The molecule has 0 bridgehead atoms. The monoisotopic (exact) mass is 418 g/mol. The molecule has 5 nitrogen and oxygen atoms in total. The summed E-state index contributed by atoms with van der Waals surface area (Å²) >= 11 is 6.33. The number of carbonyl (C=O) groups is 2. The van der Waals surface area contributed by atoms with Crippen molar-refractivity contribution >= 4 is 34.9 Å². The number of halogens is 1. The zero-order valence-corrected chi connectivity index (χ0v) is 16.7. The van der Waals surface area contributed by atoms with Crippen LogP contribution in [-0.4, -0.2) is 17.0 Å². The largest absolute Gasteiger partial charge is 0.478 e. The van der Waals surface area contributed by atoms with E-state index in [1.807, 2.05) is 30.3 Å². The van der Waals surface area contributed by atoms with Gasteiger partial charge < -0.3 is 15.7 Å². The van der Waals surface area contributed by atoms with E-state index in [9.17, 15) is 14.7 Å². The van der Waals surface area contributed by atoms with Gasteiger partial charge in [-0.15, -0.1) is 0 Å². The van der Waals surface area contributed by atoms with Gasteiger partial charge in [-0.2, -0.15) is 0 Å². The van der Waals surface area contributed by atoms with Gasteiger partial charge in [0.05, 0.1) is 11.6 Å². The van der Waals surface area contributed by atoms with E-state index in [0.29, 0.717) is 22.7 Å². The number of rotatable bonds is 4. The number of carboxylic acids is 1. The molecule has 3 aromatic rings. The lowest BCUT2D eigenvalue weighted by atomic mass is 9.88. The fraction of sp³-hybridized carbons (Fsp3) is 0.0833. The van der Waals surface area contributed by atoms with Crippen molar-refractivity contribution in [3.8, 4) is 0 Å². The van der Waals surface area contributed by atoms with E-state index in [4.69, 9.17) is 11.6 Å². The van der Waals surface area contributed by atoms with Crippen LogP contribution in [0.5, 0.6) is 0 Å². The predicted octanol–water partition coefficient (Wildman–Crippen LogP) is 5.56. The van der Waals surface area contributed by atoms with E-state index in [1.54, 1.807) is 36.4 Å². The second-order valence-corrected chi connectivity index (χ2v) is 7.62. The van der Waals surface area contributed by atoms with E-state index in [2.05, 4.69) is 17.2 Å². The number of hydrogen-bond acceptors (Lipinski definition) is 3. The lowest BCUT2D eigenvalue weighted by Gasteiger charge is -2.30. The Labute approximate surface area is 179 Å². The minimum Gasteiger partial charge on any atom is -0.478 e. The molecule has 0 saturated carbocycles. The molecule has 0 aliphatic carbocycles. The highest BCUT2D eigenvalue weighted by molar-refractivity contribution is 6.31. The molecule has 1 amide bonds. The van der Waals surface area contributed by atoms with Crippen molar-refractivity contribution in [3.63, 3.8) is 0 Å². The Morgan fingerprint density at radius 1 is 1.03 bits per heavy atom. The highest BCUT2D eigenvalue weighted by Crippen LogP contribution is 2.37. The highest BCUT2D eigenvalue weighted by Gasteiger charge is 2.24. The summed E-state index contributed by atoms with van der Waals surface area (Å²) in [4.78, 5) is 23.7. The number of fused-ring (bicyclic) bond motifs is 1. The van der Waals surface area contributed by atoms with Gasteiger partial charge in [-0.3, -0.25) is 4.79 Å². The van der Waals surface area contributed by atoms with Gasteiger partial charge in [0.15, 0.2) is 0 Å². The lowest BCUT2D eigenvalue weighted by Crippen LogP contribution is -2.21. The molecule has 0 spiro atoms. The molecule has 1 aliphatic heterocycles. The van der Waals surface area contributed by atoms with E-state index < -0.39 is 5.97 Å². The smallest absolute Gasteiger partial charge is 0.335 e. The number of benzene rings is 3. The first-order chi connectivity index (χ1) is 14.4. The van der Waals surface area contributed by atoms with E-state index in [0.717, 1.165) is 22.4 Å². The van der Waals surface area contributed by atoms with Crippen LogP contribution in [0.2, 0.25) is 5.02 Å². The van der Waals surface area contributed by atoms with Crippen molar-refractivity contribution in [1.29, 1.82) is 0 Å². The molecule has 3 aromatic carbocycles. The minimum atomic E-state index is -0.959. The second kappa shape index (κ2) is 8.05. The molecule has 0 radical (unpaired) electrons. The van der Waals surface area contributed by atoms with Crippen LogP contribution in [0, 0.1) is 0 Å². The number of anilines is 2. The summed E-state index contributed by atoms with van der Waals surface area (Å²) in [5, 5.41) is 16.0. The van der Waals surface area contributed by atoms with E-state index in [-0.39, 0.29) is 17.5 Å². The molecule has 1 heterocycles. The Morgan fingerprint density at radius 2 is 1.80 bits per heavy atom. The van der Waals surface area contributed by atoms with Crippen molar-refractivity contribution < 1.29 is 14.7 Å². The van der Waals surface area contributed by atoms with Crippen molar-refractivity contribution in [2.24, 2.45) is 0 Å². The van der Waals surface area contributed by atoms with Crippen molar-refractivity contribution in [1.82, 2.24) is 0 Å². The number of carboxylic acid groups (broad SMARTS) is 1. The molecule has 1 aliphatic rings. The third-order valence-electron chi connectivity index (χ3n) is 5.03. The predicted molar refractivity (Wildman–Crippen MR) is 118 cm³/mol. The van der Waals surface area contributed by atoms with Gasteiger partial charge in [-0.05, 0) is 71.7 Å². The van der Waals surface area contributed by atoms with E-state index >= 15 is 0 Å². The standard InChI is InChI=1S/C24H19ClN2O3/c1-14-9-17-10-16(24(29)30)7-8-21(17)27-22(14)18-11-19(25)13-20(12-18)26-23(28)15-5-3-2-4-6-15/h2-8,10-13,22,27H,1,9H2,(H,26,28)(H,29,30). The Kier molecular flexibility index (Phi) is 5.29. The van der Waals surface area contributed by atoms with Gasteiger partial charge in [-0.1, -0.05) is 36.4 Å². The number of aromatic carboxylic acids is 1. The third-order valence-corrected chi connectivity index (χ3v) is 5.24. The van der Waals surface area contributed by atoms with Gasteiger partial charge in [0.2, 0.25) is 0 Å². The number of carbonyl (C=O) groups excluding carboxylic acids is 1.